The van der Waals surface area contributed by atoms with Gasteiger partial charge >= 0.3 is 0 Å². The molecule has 0 N–H and O–H groups in total. The molecule has 0 atom stereocenters. The monoisotopic (exact) mass is 248 g/mol. The standard InChI is InChI=1S/C13H13ClN2O/c1-8-5-4-6-9(2)12(8)16-13(14)11(7-17)10(3)15-16/h4-7H,1-3H3. The average Bonchev–Trinajstić information content (AvgIpc) is 2.54. The average molecular weight is 249 g/mol. The van der Waals surface area contributed by atoms with E-state index in [1.807, 2.05) is 32.0 Å². The summed E-state index contributed by atoms with van der Waals surface area (Å²) in [6.45, 7) is 5.77. The molecule has 0 aliphatic rings. The third kappa shape index (κ3) is 1.87. The van der Waals surface area contributed by atoms with Crippen molar-refractivity contribution >= 4 is 17.9 Å². The number of aromatic nitrogens is 2. The molecular weight excluding hydrogens is 236 g/mol. The lowest BCUT2D eigenvalue weighted by atomic mass is 10.1. The summed E-state index contributed by atoms with van der Waals surface area (Å²) in [5, 5.41) is 4.70. The Morgan fingerprint density at radius 1 is 1.24 bits per heavy atom. The molecule has 4 heteroatoms. The molecule has 2 aromatic rings. The minimum atomic E-state index is 0.370. The summed E-state index contributed by atoms with van der Waals surface area (Å²) in [6.07, 6.45) is 0.745. The Morgan fingerprint density at radius 2 is 1.82 bits per heavy atom. The molecule has 1 aromatic carbocycles. The largest absolute Gasteiger partial charge is 0.298 e. The molecule has 0 aliphatic heterocycles. The van der Waals surface area contributed by atoms with Crippen LogP contribution >= 0.6 is 11.6 Å². The summed E-state index contributed by atoms with van der Waals surface area (Å²) >= 11 is 6.18. The number of aryl methyl sites for hydroxylation is 3. The first-order chi connectivity index (χ1) is 8.06. The second-order valence-electron chi connectivity index (χ2n) is 4.06. The summed E-state index contributed by atoms with van der Waals surface area (Å²) in [5.41, 5.74) is 4.19. The number of benzene rings is 1. The van der Waals surface area contributed by atoms with Crippen LogP contribution in [0, 0.1) is 20.8 Å². The van der Waals surface area contributed by atoms with E-state index in [2.05, 4.69) is 5.10 Å². The first-order valence-electron chi connectivity index (χ1n) is 5.33. The van der Waals surface area contributed by atoms with E-state index in [0.717, 1.165) is 23.1 Å². The molecule has 88 valence electrons. The van der Waals surface area contributed by atoms with Gasteiger partial charge in [0.25, 0.3) is 0 Å². The zero-order valence-electron chi connectivity index (χ0n) is 9.99. The molecule has 0 saturated carbocycles. The predicted molar refractivity (Wildman–Crippen MR) is 68.2 cm³/mol. The lowest BCUT2D eigenvalue weighted by molar-refractivity contribution is 0.112. The number of hydrogen-bond acceptors (Lipinski definition) is 2. The van der Waals surface area contributed by atoms with Crippen LogP contribution < -0.4 is 0 Å². The van der Waals surface area contributed by atoms with Crippen molar-refractivity contribution in [2.24, 2.45) is 0 Å². The van der Waals surface area contributed by atoms with Crippen molar-refractivity contribution < 1.29 is 4.79 Å². The highest BCUT2D eigenvalue weighted by Gasteiger charge is 2.16. The van der Waals surface area contributed by atoms with Crippen molar-refractivity contribution in [3.63, 3.8) is 0 Å². The maximum atomic E-state index is 10.9. The van der Waals surface area contributed by atoms with Crippen molar-refractivity contribution in [1.29, 1.82) is 0 Å². The van der Waals surface area contributed by atoms with Crippen LogP contribution in [0.1, 0.15) is 27.2 Å². The smallest absolute Gasteiger partial charge is 0.155 e. The fourth-order valence-electron chi connectivity index (χ4n) is 1.93. The molecule has 0 spiro atoms. The minimum Gasteiger partial charge on any atom is -0.298 e. The SMILES string of the molecule is Cc1cccc(C)c1-n1nc(C)c(C=O)c1Cl. The number of halogens is 1. The lowest BCUT2D eigenvalue weighted by Crippen LogP contribution is -2.02. The predicted octanol–water partition coefficient (Wildman–Crippen LogP) is 3.26. The Bertz CT molecular complexity index is 567. The van der Waals surface area contributed by atoms with Gasteiger partial charge in [-0.25, -0.2) is 4.68 Å². The van der Waals surface area contributed by atoms with Crippen LogP contribution in [0.25, 0.3) is 5.69 Å². The van der Waals surface area contributed by atoms with E-state index < -0.39 is 0 Å². The molecule has 0 aliphatic carbocycles. The van der Waals surface area contributed by atoms with Gasteiger partial charge < -0.3 is 0 Å². The van der Waals surface area contributed by atoms with E-state index in [4.69, 9.17) is 11.6 Å². The summed E-state index contributed by atoms with van der Waals surface area (Å²) in [7, 11) is 0. The number of hydrogen-bond donors (Lipinski definition) is 0. The van der Waals surface area contributed by atoms with Crippen molar-refractivity contribution in [3.05, 3.63) is 45.7 Å². The summed E-state index contributed by atoms with van der Waals surface area (Å²) in [6, 6.07) is 5.98. The van der Waals surface area contributed by atoms with Gasteiger partial charge in [-0.15, -0.1) is 0 Å². The Hall–Kier alpha value is -1.61. The zero-order chi connectivity index (χ0) is 12.6. The lowest BCUT2D eigenvalue weighted by Gasteiger charge is -2.10. The van der Waals surface area contributed by atoms with Crippen LogP contribution in [-0.2, 0) is 0 Å². The molecule has 0 bridgehead atoms. The van der Waals surface area contributed by atoms with Crippen LogP contribution in [0.3, 0.4) is 0 Å². The summed E-state index contributed by atoms with van der Waals surface area (Å²) in [4.78, 5) is 10.9. The van der Waals surface area contributed by atoms with Gasteiger partial charge in [0, 0.05) is 0 Å². The van der Waals surface area contributed by atoms with Crippen LogP contribution in [0.15, 0.2) is 18.2 Å². The Morgan fingerprint density at radius 3 is 2.29 bits per heavy atom. The number of nitrogens with zero attached hydrogens (tertiary/aromatic N) is 2. The van der Waals surface area contributed by atoms with Crippen LogP contribution in [0.5, 0.6) is 0 Å². The van der Waals surface area contributed by atoms with Gasteiger partial charge in [0.1, 0.15) is 5.15 Å². The quantitative estimate of drug-likeness (QED) is 0.765. The second-order valence-corrected chi connectivity index (χ2v) is 4.42. The molecule has 2 rings (SSSR count). The summed E-state index contributed by atoms with van der Waals surface area (Å²) in [5.74, 6) is 0. The van der Waals surface area contributed by atoms with E-state index >= 15 is 0 Å². The second kappa shape index (κ2) is 4.34. The van der Waals surface area contributed by atoms with Gasteiger partial charge in [0.05, 0.1) is 16.9 Å². The van der Waals surface area contributed by atoms with Gasteiger partial charge in [0.15, 0.2) is 6.29 Å². The van der Waals surface area contributed by atoms with Gasteiger partial charge in [0.2, 0.25) is 0 Å². The number of carbonyl (C=O) groups excluding carboxylic acids is 1. The van der Waals surface area contributed by atoms with E-state index in [9.17, 15) is 4.79 Å². The highest BCUT2D eigenvalue weighted by molar-refractivity contribution is 6.32. The third-order valence-electron chi connectivity index (χ3n) is 2.82. The Balaban J connectivity index is 2.73. The van der Waals surface area contributed by atoms with Gasteiger partial charge in [-0.3, -0.25) is 4.79 Å². The van der Waals surface area contributed by atoms with Crippen molar-refractivity contribution in [3.8, 4) is 5.69 Å². The third-order valence-corrected chi connectivity index (χ3v) is 3.18. The maximum Gasteiger partial charge on any atom is 0.155 e. The topological polar surface area (TPSA) is 34.9 Å². The van der Waals surface area contributed by atoms with Crippen molar-refractivity contribution in [2.75, 3.05) is 0 Å². The number of aldehydes is 1. The fraction of sp³-hybridized carbons (Fsp3) is 0.231. The van der Waals surface area contributed by atoms with Crippen LogP contribution in [0.4, 0.5) is 0 Å². The molecule has 1 heterocycles. The van der Waals surface area contributed by atoms with Crippen molar-refractivity contribution in [2.45, 2.75) is 20.8 Å². The van der Waals surface area contributed by atoms with E-state index in [1.54, 1.807) is 11.6 Å². The van der Waals surface area contributed by atoms with E-state index in [1.165, 1.54) is 0 Å². The molecule has 0 amide bonds. The minimum absolute atomic E-state index is 0.370. The summed E-state index contributed by atoms with van der Waals surface area (Å²) < 4.78 is 1.63. The molecule has 17 heavy (non-hydrogen) atoms. The fourth-order valence-corrected chi connectivity index (χ4v) is 2.24. The number of para-hydroxylation sites is 1. The highest BCUT2D eigenvalue weighted by Crippen LogP contribution is 2.26. The molecular formula is C13H13ClN2O. The number of carbonyl (C=O) groups is 1. The Labute approximate surface area is 105 Å². The molecule has 0 unspecified atom stereocenters. The van der Waals surface area contributed by atoms with Gasteiger partial charge in [-0.05, 0) is 31.9 Å². The van der Waals surface area contributed by atoms with E-state index in [0.29, 0.717) is 16.4 Å². The van der Waals surface area contributed by atoms with E-state index in [-0.39, 0.29) is 0 Å². The first kappa shape index (κ1) is 11.9. The van der Waals surface area contributed by atoms with Crippen molar-refractivity contribution in [1.82, 2.24) is 9.78 Å². The molecule has 0 fully saturated rings. The highest BCUT2D eigenvalue weighted by atomic mass is 35.5. The van der Waals surface area contributed by atoms with Crippen LogP contribution in [0.2, 0.25) is 5.15 Å². The van der Waals surface area contributed by atoms with Gasteiger partial charge in [-0.2, -0.15) is 5.10 Å². The molecule has 3 nitrogen and oxygen atoms in total. The first-order valence-corrected chi connectivity index (χ1v) is 5.71. The number of rotatable bonds is 2. The normalized spacial score (nSPS) is 10.6. The molecule has 0 saturated heterocycles. The van der Waals surface area contributed by atoms with Gasteiger partial charge in [-0.1, -0.05) is 29.8 Å². The zero-order valence-corrected chi connectivity index (χ0v) is 10.7. The maximum absolute atomic E-state index is 10.9. The Kier molecular flexibility index (Phi) is 3.03. The molecule has 0 radical (unpaired) electrons. The molecule has 1 aromatic heterocycles. The van der Waals surface area contributed by atoms with Crippen LogP contribution in [-0.4, -0.2) is 16.1 Å².